The first-order valence-electron chi connectivity index (χ1n) is 7.84. The van der Waals surface area contributed by atoms with Crippen LogP contribution in [0.15, 0.2) is 18.2 Å². The fraction of sp³-hybridized carbons (Fsp3) is 0.611. The number of ketones is 1. The van der Waals surface area contributed by atoms with E-state index in [9.17, 15) is 13.6 Å². The van der Waals surface area contributed by atoms with Crippen molar-refractivity contribution < 1.29 is 18.0 Å². The SMILES string of the molecule is CC(=O)C(F)(F)C(O[Si](C)(C)C(C)(C)C)c1c(C)cccc1C. The van der Waals surface area contributed by atoms with Gasteiger partial charge in [-0.05, 0) is 48.7 Å². The van der Waals surface area contributed by atoms with Crippen LogP contribution >= 0.6 is 0 Å². The molecule has 1 aromatic rings. The van der Waals surface area contributed by atoms with Gasteiger partial charge in [0.15, 0.2) is 8.32 Å². The average Bonchev–Trinajstić information content (AvgIpc) is 2.35. The van der Waals surface area contributed by atoms with E-state index in [1.54, 1.807) is 26.0 Å². The van der Waals surface area contributed by atoms with Crippen LogP contribution in [0, 0.1) is 13.8 Å². The second-order valence-corrected chi connectivity index (χ2v) is 12.5. The van der Waals surface area contributed by atoms with Crippen LogP contribution in [0.25, 0.3) is 0 Å². The van der Waals surface area contributed by atoms with Gasteiger partial charge in [0, 0.05) is 6.92 Å². The highest BCUT2D eigenvalue weighted by atomic mass is 28.4. The van der Waals surface area contributed by atoms with Gasteiger partial charge >= 0.3 is 5.92 Å². The number of hydrogen-bond acceptors (Lipinski definition) is 2. The van der Waals surface area contributed by atoms with Gasteiger partial charge in [-0.1, -0.05) is 39.0 Å². The van der Waals surface area contributed by atoms with Crippen molar-refractivity contribution in [2.45, 2.75) is 71.7 Å². The van der Waals surface area contributed by atoms with Crippen LogP contribution in [-0.2, 0) is 9.22 Å². The summed E-state index contributed by atoms with van der Waals surface area (Å²) in [7, 11) is -2.48. The second-order valence-electron chi connectivity index (χ2n) is 7.74. The maximum absolute atomic E-state index is 14.7. The molecule has 0 heterocycles. The van der Waals surface area contributed by atoms with Crippen molar-refractivity contribution in [1.29, 1.82) is 0 Å². The number of carbonyl (C=O) groups is 1. The molecule has 130 valence electrons. The van der Waals surface area contributed by atoms with Crippen molar-refractivity contribution in [3.8, 4) is 0 Å². The van der Waals surface area contributed by atoms with Crippen LogP contribution in [0.1, 0.15) is 50.5 Å². The van der Waals surface area contributed by atoms with Gasteiger partial charge in [0.1, 0.15) is 6.10 Å². The number of carbonyl (C=O) groups excluding carboxylic acids is 1. The summed E-state index contributed by atoms with van der Waals surface area (Å²) in [5.41, 5.74) is 1.86. The van der Waals surface area contributed by atoms with Crippen molar-refractivity contribution in [1.82, 2.24) is 0 Å². The van der Waals surface area contributed by atoms with Crippen molar-refractivity contribution in [2.24, 2.45) is 0 Å². The van der Waals surface area contributed by atoms with Crippen LogP contribution in [-0.4, -0.2) is 20.0 Å². The highest BCUT2D eigenvalue weighted by Crippen LogP contribution is 2.45. The molecule has 0 aromatic heterocycles. The maximum Gasteiger partial charge on any atom is 0.333 e. The minimum absolute atomic E-state index is 0.227. The lowest BCUT2D eigenvalue weighted by molar-refractivity contribution is -0.157. The maximum atomic E-state index is 14.7. The van der Waals surface area contributed by atoms with E-state index < -0.39 is 26.1 Å². The molecule has 0 aliphatic carbocycles. The van der Waals surface area contributed by atoms with Gasteiger partial charge in [-0.3, -0.25) is 4.79 Å². The first kappa shape index (κ1) is 20.0. The molecule has 1 aromatic carbocycles. The van der Waals surface area contributed by atoms with Crippen LogP contribution in [0.3, 0.4) is 0 Å². The molecule has 0 spiro atoms. The highest BCUT2D eigenvalue weighted by Gasteiger charge is 2.51. The Balaban J connectivity index is 3.50. The molecule has 1 atom stereocenters. The first-order chi connectivity index (χ1) is 10.2. The molecule has 1 rings (SSSR count). The number of Topliss-reactive ketones (excluding diaryl/α,β-unsaturated/α-hetero) is 1. The molecule has 0 amide bonds. The molecular weight excluding hydrogens is 314 g/mol. The van der Waals surface area contributed by atoms with E-state index in [4.69, 9.17) is 4.43 Å². The van der Waals surface area contributed by atoms with E-state index >= 15 is 0 Å². The normalized spacial score (nSPS) is 14.7. The fourth-order valence-electron chi connectivity index (χ4n) is 2.21. The summed E-state index contributed by atoms with van der Waals surface area (Å²) in [6.07, 6.45) is -1.54. The minimum Gasteiger partial charge on any atom is -0.404 e. The van der Waals surface area contributed by atoms with Crippen molar-refractivity contribution >= 4 is 14.1 Å². The number of rotatable bonds is 5. The van der Waals surface area contributed by atoms with Gasteiger partial charge in [0.05, 0.1) is 0 Å². The second kappa shape index (κ2) is 6.44. The van der Waals surface area contributed by atoms with Gasteiger partial charge in [0.2, 0.25) is 5.78 Å². The summed E-state index contributed by atoms with van der Waals surface area (Å²) in [4.78, 5) is 11.6. The summed E-state index contributed by atoms with van der Waals surface area (Å²) in [6.45, 7) is 14.3. The largest absolute Gasteiger partial charge is 0.404 e. The Morgan fingerprint density at radius 3 is 1.91 bits per heavy atom. The lowest BCUT2D eigenvalue weighted by atomic mass is 9.93. The highest BCUT2D eigenvalue weighted by molar-refractivity contribution is 6.74. The Kier molecular flexibility index (Phi) is 5.59. The zero-order valence-electron chi connectivity index (χ0n) is 15.4. The fourth-order valence-corrected chi connectivity index (χ4v) is 3.42. The standard InChI is InChI=1S/C18H28F2O2Si/c1-12-10-9-11-13(2)15(12)16(18(19,20)14(3)21)22-23(7,8)17(4,5)6/h9-11,16H,1-8H3. The Hall–Kier alpha value is -1.07. The number of aryl methyl sites for hydroxylation is 2. The third kappa shape index (κ3) is 4.07. The predicted molar refractivity (Wildman–Crippen MR) is 92.6 cm³/mol. The van der Waals surface area contributed by atoms with E-state index in [1.807, 2.05) is 39.9 Å². The van der Waals surface area contributed by atoms with E-state index in [0.29, 0.717) is 5.56 Å². The summed E-state index contributed by atoms with van der Waals surface area (Å²) >= 11 is 0. The third-order valence-electron chi connectivity index (χ3n) is 4.82. The molecule has 0 fully saturated rings. The average molecular weight is 343 g/mol. The van der Waals surface area contributed by atoms with Gasteiger partial charge in [-0.25, -0.2) is 0 Å². The predicted octanol–water partition coefficient (Wildman–Crippen LogP) is 5.59. The molecule has 5 heteroatoms. The molecule has 2 nitrogen and oxygen atoms in total. The van der Waals surface area contributed by atoms with Crippen LogP contribution < -0.4 is 0 Å². The Morgan fingerprint density at radius 1 is 1.13 bits per heavy atom. The topological polar surface area (TPSA) is 26.3 Å². The smallest absolute Gasteiger partial charge is 0.333 e. The van der Waals surface area contributed by atoms with E-state index in [-0.39, 0.29) is 5.04 Å². The molecule has 0 radical (unpaired) electrons. The molecule has 0 aliphatic rings. The summed E-state index contributed by atoms with van der Waals surface area (Å²) < 4.78 is 35.5. The molecule has 23 heavy (non-hydrogen) atoms. The van der Waals surface area contributed by atoms with E-state index in [1.165, 1.54) is 0 Å². The van der Waals surface area contributed by atoms with Crippen molar-refractivity contribution in [3.05, 3.63) is 34.9 Å². The number of benzene rings is 1. The number of alkyl halides is 2. The van der Waals surface area contributed by atoms with Gasteiger partial charge in [0.25, 0.3) is 0 Å². The van der Waals surface area contributed by atoms with Crippen LogP contribution in [0.4, 0.5) is 8.78 Å². The van der Waals surface area contributed by atoms with Crippen LogP contribution in [0.2, 0.25) is 18.1 Å². The van der Waals surface area contributed by atoms with Crippen molar-refractivity contribution in [3.63, 3.8) is 0 Å². The monoisotopic (exact) mass is 342 g/mol. The third-order valence-corrected chi connectivity index (χ3v) is 9.26. The molecule has 1 unspecified atom stereocenters. The Morgan fingerprint density at radius 2 is 1.57 bits per heavy atom. The molecule has 0 aliphatic heterocycles. The number of halogens is 2. The van der Waals surface area contributed by atoms with E-state index in [2.05, 4.69) is 0 Å². The molecule has 0 bridgehead atoms. The summed E-state index contributed by atoms with van der Waals surface area (Å²) in [6, 6.07) is 5.38. The minimum atomic E-state index is -3.55. The summed E-state index contributed by atoms with van der Waals surface area (Å²) in [5, 5.41) is -0.227. The van der Waals surface area contributed by atoms with Gasteiger partial charge in [-0.2, -0.15) is 8.78 Å². The lowest BCUT2D eigenvalue weighted by Gasteiger charge is -2.41. The Labute approximate surface area is 139 Å². The Bertz CT molecular complexity index is 569. The molecule has 0 N–H and O–H groups in total. The molecule has 0 saturated carbocycles. The zero-order valence-corrected chi connectivity index (χ0v) is 16.4. The number of hydrogen-bond donors (Lipinski definition) is 0. The van der Waals surface area contributed by atoms with Crippen molar-refractivity contribution in [2.75, 3.05) is 0 Å². The molecular formula is C18H28F2O2Si. The molecule has 0 saturated heterocycles. The van der Waals surface area contributed by atoms with Gasteiger partial charge < -0.3 is 4.43 Å². The lowest BCUT2D eigenvalue weighted by Crippen LogP contribution is -2.47. The van der Waals surface area contributed by atoms with Gasteiger partial charge in [-0.15, -0.1) is 0 Å². The zero-order chi connectivity index (χ0) is 18.2. The quantitative estimate of drug-likeness (QED) is 0.652. The van der Waals surface area contributed by atoms with E-state index in [0.717, 1.165) is 18.1 Å². The first-order valence-corrected chi connectivity index (χ1v) is 10.8. The van der Waals surface area contributed by atoms with Crippen LogP contribution in [0.5, 0.6) is 0 Å². The summed E-state index contributed by atoms with van der Waals surface area (Å²) in [5.74, 6) is -4.71.